The first kappa shape index (κ1) is 40.8. The molecule has 0 bridgehead atoms. The normalized spacial score (nSPS) is 12.3. The molecular formula is C38H59NO10. The smallest absolute Gasteiger partial charge is 0.407 e. The number of amides is 1. The van der Waals surface area contributed by atoms with E-state index in [1.807, 2.05) is 24.3 Å². The van der Waals surface area contributed by atoms with E-state index in [2.05, 4.69) is 36.5 Å². The van der Waals surface area contributed by atoms with Gasteiger partial charge in [-0.1, -0.05) is 74.7 Å². The van der Waals surface area contributed by atoms with Crippen LogP contribution in [0.25, 0.3) is 11.1 Å². The Hall–Kier alpha value is -2.61. The number of rotatable bonds is 32. The molecule has 0 saturated heterocycles. The highest BCUT2D eigenvalue weighted by molar-refractivity contribution is 5.79. The zero-order valence-electron chi connectivity index (χ0n) is 29.5. The molecule has 0 atom stereocenters. The van der Waals surface area contributed by atoms with E-state index >= 15 is 0 Å². The van der Waals surface area contributed by atoms with E-state index in [1.165, 1.54) is 41.5 Å². The van der Waals surface area contributed by atoms with Crippen LogP contribution in [0.2, 0.25) is 0 Å². The Morgan fingerprint density at radius 2 is 0.898 bits per heavy atom. The Morgan fingerprint density at radius 3 is 1.33 bits per heavy atom. The van der Waals surface area contributed by atoms with Crippen molar-refractivity contribution in [2.24, 2.45) is 0 Å². The van der Waals surface area contributed by atoms with Gasteiger partial charge in [-0.05, 0) is 35.1 Å². The van der Waals surface area contributed by atoms with Gasteiger partial charge in [-0.2, -0.15) is 0 Å². The van der Waals surface area contributed by atoms with Gasteiger partial charge in [-0.15, -0.1) is 0 Å². The Labute approximate surface area is 293 Å². The van der Waals surface area contributed by atoms with E-state index in [1.54, 1.807) is 0 Å². The van der Waals surface area contributed by atoms with Crippen LogP contribution < -0.4 is 5.32 Å². The minimum absolute atomic E-state index is 0.0552. The van der Waals surface area contributed by atoms with E-state index in [-0.39, 0.29) is 5.92 Å². The number of nitrogens with one attached hydrogen (secondary N) is 1. The van der Waals surface area contributed by atoms with E-state index in [0.717, 1.165) is 13.0 Å². The summed E-state index contributed by atoms with van der Waals surface area (Å²) >= 11 is 0. The maximum atomic E-state index is 12.3. The first-order chi connectivity index (χ1) is 24.3. The molecule has 0 fully saturated rings. The van der Waals surface area contributed by atoms with Gasteiger partial charge in [0.15, 0.2) is 0 Å². The van der Waals surface area contributed by atoms with Crippen molar-refractivity contribution in [3.8, 4) is 11.1 Å². The number of ether oxygens (including phenoxy) is 9. The van der Waals surface area contributed by atoms with Gasteiger partial charge in [-0.25, -0.2) is 4.79 Å². The van der Waals surface area contributed by atoms with E-state index in [9.17, 15) is 4.79 Å². The maximum Gasteiger partial charge on any atom is 0.407 e. The number of carbonyl (C=O) groups is 1. The third-order valence-electron chi connectivity index (χ3n) is 7.82. The predicted molar refractivity (Wildman–Crippen MR) is 188 cm³/mol. The minimum atomic E-state index is -0.410. The standard InChI is InChI=1S/C38H59NO10/c1-2-3-4-9-16-41-18-20-43-22-24-45-26-28-47-30-31-48-29-27-46-25-23-44-21-19-42-17-10-15-39-38(40)49-32-37-35-13-7-5-11-33(35)34-12-6-8-14-36(34)37/h5-8,11-14,37H,2-4,9-10,15-32H2,1H3,(H,39,40). The molecule has 49 heavy (non-hydrogen) atoms. The van der Waals surface area contributed by atoms with Crippen LogP contribution in [0.1, 0.15) is 56.1 Å². The molecule has 0 aliphatic heterocycles. The molecule has 0 radical (unpaired) electrons. The number of unbranched alkanes of at least 4 members (excludes halogenated alkanes) is 3. The molecule has 0 unspecified atom stereocenters. The van der Waals surface area contributed by atoms with E-state index in [0.29, 0.717) is 119 Å². The largest absolute Gasteiger partial charge is 0.449 e. The number of alkyl carbamates (subject to hydrolysis) is 1. The number of hydrogen-bond donors (Lipinski definition) is 1. The fraction of sp³-hybridized carbons (Fsp3) is 0.658. The van der Waals surface area contributed by atoms with Gasteiger partial charge in [0.05, 0.1) is 92.5 Å². The average Bonchev–Trinajstić information content (AvgIpc) is 3.45. The van der Waals surface area contributed by atoms with Crippen LogP contribution in [0.4, 0.5) is 4.79 Å². The van der Waals surface area contributed by atoms with Gasteiger partial charge in [0.2, 0.25) is 0 Å². The van der Waals surface area contributed by atoms with Crippen LogP contribution in [0.3, 0.4) is 0 Å². The van der Waals surface area contributed by atoms with Crippen molar-refractivity contribution in [3.63, 3.8) is 0 Å². The van der Waals surface area contributed by atoms with Crippen LogP contribution in [0, 0.1) is 0 Å². The van der Waals surface area contributed by atoms with Gasteiger partial charge >= 0.3 is 6.09 Å². The molecule has 0 saturated carbocycles. The highest BCUT2D eigenvalue weighted by atomic mass is 16.6. The summed E-state index contributed by atoms with van der Waals surface area (Å²) in [5.41, 5.74) is 4.82. The maximum absolute atomic E-state index is 12.3. The zero-order chi connectivity index (χ0) is 34.5. The summed E-state index contributed by atoms with van der Waals surface area (Å²) in [6.45, 7) is 11.8. The first-order valence-electron chi connectivity index (χ1n) is 18.0. The molecule has 276 valence electrons. The molecule has 1 N–H and O–H groups in total. The fourth-order valence-electron chi connectivity index (χ4n) is 5.29. The molecule has 0 spiro atoms. The second-order valence-corrected chi connectivity index (χ2v) is 11.6. The van der Waals surface area contributed by atoms with Crippen molar-refractivity contribution in [2.45, 2.75) is 44.9 Å². The topological polar surface area (TPSA) is 112 Å². The SMILES string of the molecule is CCCCCCOCCOCCOCCOCCOCCOCCOCCOCCCNC(=O)OCC1c2ccccc2-c2ccccc21. The van der Waals surface area contributed by atoms with Crippen molar-refractivity contribution in [3.05, 3.63) is 59.7 Å². The molecular weight excluding hydrogens is 630 g/mol. The molecule has 0 aromatic heterocycles. The molecule has 11 heteroatoms. The van der Waals surface area contributed by atoms with Gasteiger partial charge in [0, 0.05) is 25.7 Å². The molecule has 0 heterocycles. The molecule has 1 aliphatic rings. The van der Waals surface area contributed by atoms with Crippen LogP contribution >= 0.6 is 0 Å². The summed E-state index contributed by atoms with van der Waals surface area (Å²) in [7, 11) is 0. The number of hydrogen-bond acceptors (Lipinski definition) is 10. The lowest BCUT2D eigenvalue weighted by atomic mass is 9.98. The van der Waals surface area contributed by atoms with Crippen molar-refractivity contribution < 1.29 is 47.4 Å². The summed E-state index contributed by atoms with van der Waals surface area (Å²) in [6.07, 6.45) is 5.17. The highest BCUT2D eigenvalue weighted by Gasteiger charge is 2.28. The Balaban J connectivity index is 0.979. The number of fused-ring (bicyclic) bond motifs is 3. The van der Waals surface area contributed by atoms with Gasteiger partial charge in [0.25, 0.3) is 0 Å². The molecule has 1 amide bonds. The number of carbonyl (C=O) groups excluding carboxylic acids is 1. The van der Waals surface area contributed by atoms with Gasteiger partial charge in [0.1, 0.15) is 6.61 Å². The quantitative estimate of drug-likeness (QED) is 0.0971. The second kappa shape index (κ2) is 28.1. The number of benzene rings is 2. The average molecular weight is 690 g/mol. The van der Waals surface area contributed by atoms with Gasteiger partial charge < -0.3 is 47.9 Å². The van der Waals surface area contributed by atoms with Crippen molar-refractivity contribution in [2.75, 3.05) is 119 Å². The lowest BCUT2D eigenvalue weighted by Crippen LogP contribution is -2.27. The molecule has 1 aliphatic carbocycles. The molecule has 2 aromatic carbocycles. The highest BCUT2D eigenvalue weighted by Crippen LogP contribution is 2.44. The van der Waals surface area contributed by atoms with Gasteiger partial charge in [-0.3, -0.25) is 0 Å². The van der Waals surface area contributed by atoms with Crippen molar-refractivity contribution in [1.82, 2.24) is 5.32 Å². The van der Waals surface area contributed by atoms with Crippen LogP contribution in [0.15, 0.2) is 48.5 Å². The molecule has 11 nitrogen and oxygen atoms in total. The molecule has 3 rings (SSSR count). The van der Waals surface area contributed by atoms with Crippen LogP contribution in [-0.2, 0) is 42.6 Å². The Morgan fingerprint density at radius 1 is 0.510 bits per heavy atom. The van der Waals surface area contributed by atoms with E-state index < -0.39 is 6.09 Å². The lowest BCUT2D eigenvalue weighted by molar-refractivity contribution is -0.0231. The minimum Gasteiger partial charge on any atom is -0.449 e. The third-order valence-corrected chi connectivity index (χ3v) is 7.82. The summed E-state index contributed by atoms with van der Waals surface area (Å²) < 4.78 is 49.7. The monoisotopic (exact) mass is 689 g/mol. The third kappa shape index (κ3) is 18.3. The summed E-state index contributed by atoms with van der Waals surface area (Å²) in [4.78, 5) is 12.3. The van der Waals surface area contributed by atoms with Crippen molar-refractivity contribution >= 4 is 6.09 Å². The summed E-state index contributed by atoms with van der Waals surface area (Å²) in [5, 5.41) is 2.81. The zero-order valence-corrected chi connectivity index (χ0v) is 29.5. The Bertz CT molecular complexity index is 1060. The summed E-state index contributed by atoms with van der Waals surface area (Å²) in [6, 6.07) is 16.6. The van der Waals surface area contributed by atoms with E-state index in [4.69, 9.17) is 42.6 Å². The predicted octanol–water partition coefficient (Wildman–Crippen LogP) is 5.63. The first-order valence-corrected chi connectivity index (χ1v) is 18.0. The molecule has 2 aromatic rings. The fourth-order valence-corrected chi connectivity index (χ4v) is 5.29. The lowest BCUT2D eigenvalue weighted by Gasteiger charge is -2.14. The summed E-state index contributed by atoms with van der Waals surface area (Å²) in [5.74, 6) is 0.0552. The van der Waals surface area contributed by atoms with Crippen LogP contribution in [-0.4, -0.2) is 125 Å². The second-order valence-electron chi connectivity index (χ2n) is 11.6. The Kier molecular flexibility index (Phi) is 23.4. The van der Waals surface area contributed by atoms with Crippen LogP contribution in [0.5, 0.6) is 0 Å². The van der Waals surface area contributed by atoms with Crippen molar-refractivity contribution in [1.29, 1.82) is 0 Å².